The van der Waals surface area contributed by atoms with Gasteiger partial charge in [-0.3, -0.25) is 14.7 Å². The van der Waals surface area contributed by atoms with Crippen LogP contribution in [0, 0.1) is 6.92 Å². The minimum Gasteiger partial charge on any atom is -0.486 e. The van der Waals surface area contributed by atoms with Crippen molar-refractivity contribution in [3.63, 3.8) is 0 Å². The number of rotatable bonds is 9. The lowest BCUT2D eigenvalue weighted by atomic mass is 10.2. The highest BCUT2D eigenvalue weighted by atomic mass is 35.5. The van der Waals surface area contributed by atoms with Gasteiger partial charge in [0.2, 0.25) is 11.1 Å². The molecule has 0 radical (unpaired) electrons. The summed E-state index contributed by atoms with van der Waals surface area (Å²) in [5, 5.41) is 10.8. The van der Waals surface area contributed by atoms with E-state index in [1.54, 1.807) is 18.2 Å². The Hall–Kier alpha value is -2.36. The summed E-state index contributed by atoms with van der Waals surface area (Å²) in [6, 6.07) is 9.05. The van der Waals surface area contributed by atoms with E-state index in [0.717, 1.165) is 10.4 Å². The zero-order chi connectivity index (χ0) is 20.8. The quantitative estimate of drug-likeness (QED) is 0.377. The van der Waals surface area contributed by atoms with Gasteiger partial charge in [-0.25, -0.2) is 4.98 Å². The molecule has 0 atom stereocenters. The number of hydrogen-bond acceptors (Lipinski definition) is 7. The maximum atomic E-state index is 12.3. The molecule has 0 aliphatic rings. The summed E-state index contributed by atoms with van der Waals surface area (Å²) in [6.45, 7) is 4.03. The third kappa shape index (κ3) is 6.31. The molecule has 1 aromatic carbocycles. The number of benzene rings is 1. The molecule has 3 rings (SSSR count). The number of nitrogens with zero attached hydrogens (tertiary/aromatic N) is 2. The summed E-state index contributed by atoms with van der Waals surface area (Å²) < 4.78 is 5.68. The number of thiophene rings is 1. The molecule has 1 amide bonds. The molecule has 10 heteroatoms. The number of H-pyrrole nitrogens is 1. The Bertz CT molecular complexity index is 1020. The number of ketones is 1. The minimum atomic E-state index is -0.0996. The third-order valence-corrected chi connectivity index (χ3v) is 6.19. The second kappa shape index (κ2) is 9.91. The molecule has 152 valence electrons. The highest BCUT2D eigenvalue weighted by Gasteiger charge is 2.13. The summed E-state index contributed by atoms with van der Waals surface area (Å²) in [5.74, 6) is 1.39. The third-order valence-electron chi connectivity index (χ3n) is 3.80. The predicted molar refractivity (Wildman–Crippen MR) is 114 cm³/mol. The van der Waals surface area contributed by atoms with Gasteiger partial charge in [-0.15, -0.1) is 16.4 Å². The fourth-order valence-corrected chi connectivity index (χ4v) is 4.10. The second-order valence-electron chi connectivity index (χ2n) is 6.15. The fraction of sp³-hybridized carbons (Fsp3) is 0.263. The number of ether oxygens (including phenoxy) is 1. The zero-order valence-corrected chi connectivity index (χ0v) is 18.2. The van der Waals surface area contributed by atoms with Crippen LogP contribution in [0.1, 0.15) is 32.9 Å². The van der Waals surface area contributed by atoms with Crippen molar-refractivity contribution in [2.24, 2.45) is 0 Å². The molecule has 2 aromatic heterocycles. The van der Waals surface area contributed by atoms with Crippen LogP contribution in [0.15, 0.2) is 35.5 Å². The van der Waals surface area contributed by atoms with Crippen LogP contribution in [0.25, 0.3) is 0 Å². The Labute approximate surface area is 181 Å². The van der Waals surface area contributed by atoms with Gasteiger partial charge in [0, 0.05) is 16.8 Å². The molecule has 0 saturated carbocycles. The number of aromatic amines is 1. The number of aromatic nitrogens is 3. The van der Waals surface area contributed by atoms with Gasteiger partial charge < -0.3 is 10.1 Å². The van der Waals surface area contributed by atoms with Crippen LogP contribution >= 0.6 is 34.7 Å². The molecule has 0 aliphatic heterocycles. The van der Waals surface area contributed by atoms with Crippen molar-refractivity contribution >= 4 is 46.4 Å². The van der Waals surface area contributed by atoms with Gasteiger partial charge in [0.1, 0.15) is 12.4 Å². The number of thioether (sulfide) groups is 1. The number of carbonyl (C=O) groups excluding carboxylic acids is 2. The molecular weight excluding hydrogens is 432 g/mol. The monoisotopic (exact) mass is 450 g/mol. The van der Waals surface area contributed by atoms with Gasteiger partial charge in [0.15, 0.2) is 11.6 Å². The number of aryl methyl sites for hydroxylation is 1. The smallest absolute Gasteiger partial charge is 0.217 e. The van der Waals surface area contributed by atoms with Crippen molar-refractivity contribution in [2.45, 2.75) is 32.2 Å². The molecule has 3 aromatic rings. The van der Waals surface area contributed by atoms with E-state index in [0.29, 0.717) is 33.2 Å². The first-order valence-electron chi connectivity index (χ1n) is 8.70. The van der Waals surface area contributed by atoms with E-state index < -0.39 is 0 Å². The van der Waals surface area contributed by atoms with Crippen LogP contribution in [0.4, 0.5) is 0 Å². The van der Waals surface area contributed by atoms with Crippen LogP contribution < -0.4 is 10.1 Å². The average molecular weight is 451 g/mol. The van der Waals surface area contributed by atoms with Crippen LogP contribution in [0.3, 0.4) is 0 Å². The second-order valence-corrected chi connectivity index (χ2v) is 8.67. The largest absolute Gasteiger partial charge is 0.486 e. The maximum absolute atomic E-state index is 12.3. The Morgan fingerprint density at radius 3 is 2.90 bits per heavy atom. The SMILES string of the molecule is CC(=O)NCc1ccc(C(=O)CSc2n[nH]c(COc3ccc(Cl)c(C)c3)n2)s1. The Morgan fingerprint density at radius 1 is 1.31 bits per heavy atom. The van der Waals surface area contributed by atoms with Gasteiger partial charge in [0.05, 0.1) is 17.2 Å². The van der Waals surface area contributed by atoms with E-state index in [4.69, 9.17) is 16.3 Å². The van der Waals surface area contributed by atoms with E-state index in [2.05, 4.69) is 20.5 Å². The summed E-state index contributed by atoms with van der Waals surface area (Å²) in [6.07, 6.45) is 0. The molecule has 0 fully saturated rings. The first-order valence-corrected chi connectivity index (χ1v) is 10.9. The summed E-state index contributed by atoms with van der Waals surface area (Å²) in [4.78, 5) is 29.2. The molecule has 0 aliphatic carbocycles. The molecule has 2 heterocycles. The molecule has 7 nitrogen and oxygen atoms in total. The van der Waals surface area contributed by atoms with Crippen molar-refractivity contribution < 1.29 is 14.3 Å². The Balaban J connectivity index is 1.48. The number of nitrogens with one attached hydrogen (secondary N) is 2. The molecule has 0 spiro atoms. The molecule has 0 bridgehead atoms. The number of halogens is 1. The lowest BCUT2D eigenvalue weighted by Gasteiger charge is -2.05. The van der Waals surface area contributed by atoms with E-state index in [9.17, 15) is 9.59 Å². The average Bonchev–Trinajstić information content (AvgIpc) is 3.35. The van der Waals surface area contributed by atoms with Crippen molar-refractivity contribution in [2.75, 3.05) is 5.75 Å². The number of amides is 1. The lowest BCUT2D eigenvalue weighted by molar-refractivity contribution is -0.119. The van der Waals surface area contributed by atoms with Crippen molar-refractivity contribution in [1.29, 1.82) is 0 Å². The normalized spacial score (nSPS) is 10.7. The topological polar surface area (TPSA) is 97.0 Å². The van der Waals surface area contributed by atoms with Gasteiger partial charge in [-0.1, -0.05) is 23.4 Å². The molecule has 0 unspecified atom stereocenters. The number of hydrogen-bond donors (Lipinski definition) is 2. The van der Waals surface area contributed by atoms with E-state index in [1.807, 2.05) is 19.1 Å². The molecular formula is C19H19ClN4O3S2. The first kappa shape index (κ1) is 21.4. The standard InChI is InChI=1S/C19H19ClN4O3S2/c1-11-7-13(3-5-15(11)20)27-9-18-22-19(24-23-18)28-10-16(26)17-6-4-14(29-17)8-21-12(2)25/h3-7H,8-10H2,1-2H3,(H,21,25)(H,22,23,24). The first-order chi connectivity index (χ1) is 13.9. The molecule has 0 saturated heterocycles. The lowest BCUT2D eigenvalue weighted by Crippen LogP contribution is -2.18. The molecule has 29 heavy (non-hydrogen) atoms. The Kier molecular flexibility index (Phi) is 7.29. The van der Waals surface area contributed by atoms with Crippen LogP contribution in [-0.4, -0.2) is 32.6 Å². The summed E-state index contributed by atoms with van der Waals surface area (Å²) in [7, 11) is 0. The van der Waals surface area contributed by atoms with Gasteiger partial charge >= 0.3 is 0 Å². The van der Waals surface area contributed by atoms with Crippen molar-refractivity contribution in [1.82, 2.24) is 20.5 Å². The fourth-order valence-electron chi connectivity index (χ4n) is 2.30. The van der Waals surface area contributed by atoms with E-state index in [1.165, 1.54) is 30.0 Å². The van der Waals surface area contributed by atoms with Crippen molar-refractivity contribution in [3.8, 4) is 5.75 Å². The summed E-state index contributed by atoms with van der Waals surface area (Å²) in [5.41, 5.74) is 0.935. The Morgan fingerprint density at radius 2 is 2.14 bits per heavy atom. The maximum Gasteiger partial charge on any atom is 0.217 e. The predicted octanol–water partition coefficient (Wildman–Crippen LogP) is 4.02. The van der Waals surface area contributed by atoms with Crippen LogP contribution in [0.2, 0.25) is 5.02 Å². The van der Waals surface area contributed by atoms with Gasteiger partial charge in [0.25, 0.3) is 0 Å². The van der Waals surface area contributed by atoms with E-state index in [-0.39, 0.29) is 24.1 Å². The van der Waals surface area contributed by atoms with Crippen molar-refractivity contribution in [3.05, 3.63) is 56.5 Å². The zero-order valence-electron chi connectivity index (χ0n) is 15.8. The summed E-state index contributed by atoms with van der Waals surface area (Å²) >= 11 is 8.64. The van der Waals surface area contributed by atoms with Crippen LogP contribution in [0.5, 0.6) is 5.75 Å². The molecule has 2 N–H and O–H groups in total. The number of Topliss-reactive ketones (excluding diaryl/α,β-unsaturated/α-hetero) is 1. The highest BCUT2D eigenvalue weighted by molar-refractivity contribution is 7.99. The minimum absolute atomic E-state index is 0.00619. The highest BCUT2D eigenvalue weighted by Crippen LogP contribution is 2.23. The van der Waals surface area contributed by atoms with Crippen LogP contribution in [-0.2, 0) is 17.9 Å². The number of carbonyl (C=O) groups is 2. The van der Waals surface area contributed by atoms with Gasteiger partial charge in [-0.05, 0) is 42.8 Å². The van der Waals surface area contributed by atoms with E-state index >= 15 is 0 Å². The van der Waals surface area contributed by atoms with Gasteiger partial charge in [-0.2, -0.15) is 0 Å².